The van der Waals surface area contributed by atoms with Gasteiger partial charge in [0.1, 0.15) is 5.75 Å². The average molecular weight is 272 g/mol. The fourth-order valence-corrected chi connectivity index (χ4v) is 1.87. The van der Waals surface area contributed by atoms with Crippen LogP contribution in [0, 0.1) is 0 Å². The minimum atomic E-state index is -0.895. The summed E-state index contributed by atoms with van der Waals surface area (Å²) in [5, 5.41) is 12.1. The van der Waals surface area contributed by atoms with E-state index in [1.54, 1.807) is 25.3 Å². The molecule has 0 aliphatic heterocycles. The van der Waals surface area contributed by atoms with Crippen LogP contribution in [0.2, 0.25) is 0 Å². The van der Waals surface area contributed by atoms with Gasteiger partial charge in [-0.1, -0.05) is 0 Å². The van der Waals surface area contributed by atoms with Gasteiger partial charge in [-0.2, -0.15) is 0 Å². The van der Waals surface area contributed by atoms with Gasteiger partial charge in [-0.3, -0.25) is 4.79 Å². The van der Waals surface area contributed by atoms with Crippen molar-refractivity contribution < 1.29 is 14.6 Å². The molecule has 0 unspecified atom stereocenters. The number of benzene rings is 2. The van der Waals surface area contributed by atoms with E-state index in [0.29, 0.717) is 11.3 Å². The van der Waals surface area contributed by atoms with Gasteiger partial charge in [-0.15, -0.1) is 0 Å². The predicted molar refractivity (Wildman–Crippen MR) is 78.5 cm³/mol. The maximum Gasteiger partial charge on any atom is 0.307 e. The fraction of sp³-hybridized carbons (Fsp3) is 0.133. The van der Waals surface area contributed by atoms with Crippen LogP contribution < -0.4 is 15.8 Å². The molecule has 0 aromatic heterocycles. The maximum absolute atomic E-state index is 10.9. The quantitative estimate of drug-likeness (QED) is 0.729. The molecule has 5 heteroatoms. The molecule has 20 heavy (non-hydrogen) atoms. The summed E-state index contributed by atoms with van der Waals surface area (Å²) in [6, 6.07) is 12.6. The molecule has 2 aromatic rings. The standard InChI is InChI=1S/C15H16N2O3/c1-20-13-5-3-12(4-6-13)17-14-7-2-11(16)8-10(14)9-15(18)19/h2-8,17H,9,16H2,1H3,(H,18,19). The molecule has 5 nitrogen and oxygen atoms in total. The minimum Gasteiger partial charge on any atom is -0.497 e. The molecule has 0 atom stereocenters. The van der Waals surface area contributed by atoms with Gasteiger partial charge in [0.15, 0.2) is 0 Å². The zero-order chi connectivity index (χ0) is 14.5. The molecule has 0 saturated heterocycles. The lowest BCUT2D eigenvalue weighted by molar-refractivity contribution is -0.136. The lowest BCUT2D eigenvalue weighted by atomic mass is 10.1. The number of aliphatic carboxylic acids is 1. The van der Waals surface area contributed by atoms with Crippen LogP contribution in [-0.2, 0) is 11.2 Å². The Morgan fingerprint density at radius 1 is 1.25 bits per heavy atom. The van der Waals surface area contributed by atoms with Crippen LogP contribution in [0.5, 0.6) is 5.75 Å². The van der Waals surface area contributed by atoms with E-state index in [1.807, 2.05) is 24.3 Å². The third-order valence-corrected chi connectivity index (χ3v) is 2.84. The van der Waals surface area contributed by atoms with Crippen molar-refractivity contribution in [3.8, 4) is 5.75 Å². The zero-order valence-electron chi connectivity index (χ0n) is 11.1. The number of carboxylic acids is 1. The number of carbonyl (C=O) groups is 1. The second-order valence-electron chi connectivity index (χ2n) is 4.34. The highest BCUT2D eigenvalue weighted by atomic mass is 16.5. The van der Waals surface area contributed by atoms with E-state index in [4.69, 9.17) is 15.6 Å². The van der Waals surface area contributed by atoms with Crippen LogP contribution in [0.4, 0.5) is 17.1 Å². The van der Waals surface area contributed by atoms with Crippen molar-refractivity contribution in [1.29, 1.82) is 0 Å². The molecule has 0 aliphatic rings. The van der Waals surface area contributed by atoms with Crippen molar-refractivity contribution in [3.63, 3.8) is 0 Å². The summed E-state index contributed by atoms with van der Waals surface area (Å²) in [4.78, 5) is 10.9. The predicted octanol–water partition coefficient (Wildman–Crippen LogP) is 2.65. The molecule has 0 bridgehead atoms. The summed E-state index contributed by atoms with van der Waals surface area (Å²) in [7, 11) is 1.60. The topological polar surface area (TPSA) is 84.6 Å². The van der Waals surface area contributed by atoms with Gasteiger partial charge in [-0.05, 0) is 48.0 Å². The summed E-state index contributed by atoms with van der Waals surface area (Å²) in [5.74, 6) is -0.132. The Labute approximate surface area is 117 Å². The molecular formula is C15H16N2O3. The molecule has 0 saturated carbocycles. The smallest absolute Gasteiger partial charge is 0.307 e. The first-order valence-electron chi connectivity index (χ1n) is 6.10. The molecule has 2 aromatic carbocycles. The first kappa shape index (κ1) is 13.7. The number of ether oxygens (including phenoxy) is 1. The van der Waals surface area contributed by atoms with Crippen LogP contribution in [0.3, 0.4) is 0 Å². The van der Waals surface area contributed by atoms with Gasteiger partial charge in [0.2, 0.25) is 0 Å². The molecule has 2 rings (SSSR count). The van der Waals surface area contributed by atoms with Crippen molar-refractivity contribution in [2.45, 2.75) is 6.42 Å². The van der Waals surface area contributed by atoms with Crippen LogP contribution >= 0.6 is 0 Å². The summed E-state index contributed by atoms with van der Waals surface area (Å²) in [6.45, 7) is 0. The van der Waals surface area contributed by atoms with Gasteiger partial charge in [-0.25, -0.2) is 0 Å². The van der Waals surface area contributed by atoms with Gasteiger partial charge in [0, 0.05) is 17.1 Å². The molecule has 0 amide bonds. The van der Waals surface area contributed by atoms with E-state index in [0.717, 1.165) is 17.1 Å². The Bertz CT molecular complexity index is 609. The summed E-state index contributed by atoms with van der Waals surface area (Å²) in [5.41, 5.74) is 8.46. The Morgan fingerprint density at radius 3 is 2.55 bits per heavy atom. The van der Waals surface area contributed by atoms with E-state index in [-0.39, 0.29) is 6.42 Å². The number of methoxy groups -OCH3 is 1. The summed E-state index contributed by atoms with van der Waals surface area (Å²) < 4.78 is 5.09. The van der Waals surface area contributed by atoms with Crippen LogP contribution in [0.1, 0.15) is 5.56 Å². The average Bonchev–Trinajstić information content (AvgIpc) is 2.42. The van der Waals surface area contributed by atoms with Crippen molar-refractivity contribution >= 4 is 23.0 Å². The van der Waals surface area contributed by atoms with E-state index in [1.165, 1.54) is 0 Å². The second-order valence-corrected chi connectivity index (χ2v) is 4.34. The maximum atomic E-state index is 10.9. The molecule has 0 fully saturated rings. The molecule has 0 radical (unpaired) electrons. The minimum absolute atomic E-state index is 0.0798. The first-order valence-corrected chi connectivity index (χ1v) is 6.10. The molecule has 0 spiro atoms. The third kappa shape index (κ3) is 3.41. The lowest BCUT2D eigenvalue weighted by Crippen LogP contribution is -2.04. The number of hydrogen-bond donors (Lipinski definition) is 3. The highest BCUT2D eigenvalue weighted by Crippen LogP contribution is 2.25. The number of carboxylic acid groups (broad SMARTS) is 1. The number of nitrogens with one attached hydrogen (secondary N) is 1. The SMILES string of the molecule is COc1ccc(Nc2ccc(N)cc2CC(=O)O)cc1. The van der Waals surface area contributed by atoms with Crippen LogP contribution in [-0.4, -0.2) is 18.2 Å². The zero-order valence-corrected chi connectivity index (χ0v) is 11.1. The Morgan fingerprint density at radius 2 is 1.95 bits per heavy atom. The molecule has 104 valence electrons. The van der Waals surface area contributed by atoms with E-state index in [9.17, 15) is 4.79 Å². The van der Waals surface area contributed by atoms with Crippen LogP contribution in [0.15, 0.2) is 42.5 Å². The lowest BCUT2D eigenvalue weighted by Gasteiger charge is -2.12. The van der Waals surface area contributed by atoms with Gasteiger partial charge in [0.05, 0.1) is 13.5 Å². The Hall–Kier alpha value is -2.69. The number of nitrogen functional groups attached to an aromatic ring is 1. The Kier molecular flexibility index (Phi) is 4.10. The number of anilines is 3. The largest absolute Gasteiger partial charge is 0.497 e. The summed E-state index contributed by atoms with van der Waals surface area (Å²) >= 11 is 0. The van der Waals surface area contributed by atoms with Crippen molar-refractivity contribution in [1.82, 2.24) is 0 Å². The number of rotatable bonds is 5. The first-order chi connectivity index (χ1) is 9.58. The van der Waals surface area contributed by atoms with Crippen LogP contribution in [0.25, 0.3) is 0 Å². The number of nitrogens with two attached hydrogens (primary N) is 1. The second kappa shape index (κ2) is 5.97. The highest BCUT2D eigenvalue weighted by Gasteiger charge is 2.08. The normalized spacial score (nSPS) is 10.1. The number of hydrogen-bond acceptors (Lipinski definition) is 4. The van der Waals surface area contributed by atoms with Crippen molar-refractivity contribution in [2.75, 3.05) is 18.2 Å². The molecule has 0 heterocycles. The van der Waals surface area contributed by atoms with Gasteiger partial charge >= 0.3 is 5.97 Å². The summed E-state index contributed by atoms with van der Waals surface area (Å²) in [6.07, 6.45) is -0.0798. The fourth-order valence-electron chi connectivity index (χ4n) is 1.87. The third-order valence-electron chi connectivity index (χ3n) is 2.84. The highest BCUT2D eigenvalue weighted by molar-refractivity contribution is 5.76. The monoisotopic (exact) mass is 272 g/mol. The van der Waals surface area contributed by atoms with Gasteiger partial charge < -0.3 is 20.9 Å². The van der Waals surface area contributed by atoms with E-state index < -0.39 is 5.97 Å². The van der Waals surface area contributed by atoms with E-state index >= 15 is 0 Å². The van der Waals surface area contributed by atoms with E-state index in [2.05, 4.69) is 5.32 Å². The van der Waals surface area contributed by atoms with Crippen molar-refractivity contribution in [2.24, 2.45) is 0 Å². The molecular weight excluding hydrogens is 256 g/mol. The van der Waals surface area contributed by atoms with Gasteiger partial charge in [0.25, 0.3) is 0 Å². The molecule has 0 aliphatic carbocycles. The Balaban J connectivity index is 2.25. The van der Waals surface area contributed by atoms with Crippen molar-refractivity contribution in [3.05, 3.63) is 48.0 Å². The molecule has 4 N–H and O–H groups in total.